The number of alkyl halides is 3. The number of carbonyl (C=O) groups is 2. The molecule has 1 aliphatic rings. The Kier molecular flexibility index (Phi) is 7.34. The third-order valence-corrected chi connectivity index (χ3v) is 5.94. The summed E-state index contributed by atoms with van der Waals surface area (Å²) in [7, 11) is 0. The number of nitrogens with zero attached hydrogens (tertiary/aromatic N) is 1. The van der Waals surface area contributed by atoms with Gasteiger partial charge < -0.3 is 21.1 Å². The molecular formula is C21H29ClF3N3O3. The molecule has 0 aliphatic carbocycles. The van der Waals surface area contributed by atoms with Gasteiger partial charge in [0.2, 0.25) is 5.91 Å². The first-order chi connectivity index (χ1) is 14.1. The van der Waals surface area contributed by atoms with Gasteiger partial charge in [0.15, 0.2) is 0 Å². The van der Waals surface area contributed by atoms with E-state index in [1.165, 1.54) is 0 Å². The van der Waals surface area contributed by atoms with Gasteiger partial charge in [0, 0.05) is 24.7 Å². The van der Waals surface area contributed by atoms with Crippen molar-refractivity contribution in [1.29, 1.82) is 0 Å². The standard InChI is InChI=1S/C21H29ClF3N3O3/c1-19(2,3)16(29)18(31)28-11-20(4,21(23,24)25)8-15(28)17(30)27-10-13-7-14(22)6-5-12(13)9-26/h5-7,15-16,29H,8-11,26H2,1-4H3,(H,27,30)/t15-,16+,20?/m0/s1. The highest BCUT2D eigenvalue weighted by atomic mass is 35.5. The summed E-state index contributed by atoms with van der Waals surface area (Å²) in [5.41, 5.74) is 3.89. The second-order valence-corrected chi connectivity index (χ2v) is 9.78. The molecule has 1 aromatic rings. The number of aliphatic hydroxyl groups is 1. The molecule has 10 heteroatoms. The quantitative estimate of drug-likeness (QED) is 0.625. The van der Waals surface area contributed by atoms with Crippen LogP contribution in [0.4, 0.5) is 13.2 Å². The summed E-state index contributed by atoms with van der Waals surface area (Å²) in [6, 6.07) is 3.60. The maximum atomic E-state index is 13.7. The first kappa shape index (κ1) is 25.4. The molecule has 174 valence electrons. The van der Waals surface area contributed by atoms with E-state index in [1.807, 2.05) is 0 Å². The Morgan fingerprint density at radius 3 is 2.45 bits per heavy atom. The highest BCUT2D eigenvalue weighted by Gasteiger charge is 2.60. The number of hydrogen-bond donors (Lipinski definition) is 3. The predicted molar refractivity (Wildman–Crippen MR) is 111 cm³/mol. The highest BCUT2D eigenvalue weighted by Crippen LogP contribution is 2.47. The first-order valence-corrected chi connectivity index (χ1v) is 10.3. The number of benzene rings is 1. The molecule has 3 atom stereocenters. The number of nitrogens with one attached hydrogen (secondary N) is 1. The summed E-state index contributed by atoms with van der Waals surface area (Å²) in [4.78, 5) is 26.6. The van der Waals surface area contributed by atoms with Gasteiger partial charge in [0.25, 0.3) is 5.91 Å². The van der Waals surface area contributed by atoms with E-state index in [0.29, 0.717) is 10.6 Å². The minimum absolute atomic E-state index is 0.00495. The van der Waals surface area contributed by atoms with Crippen LogP contribution < -0.4 is 11.1 Å². The fourth-order valence-corrected chi connectivity index (χ4v) is 3.74. The molecule has 0 bridgehead atoms. The normalized spacial score (nSPS) is 23.0. The summed E-state index contributed by atoms with van der Waals surface area (Å²) in [6.07, 6.45) is -6.76. The van der Waals surface area contributed by atoms with Gasteiger partial charge in [-0.05, 0) is 42.0 Å². The van der Waals surface area contributed by atoms with Crippen LogP contribution in [0.2, 0.25) is 5.02 Å². The minimum atomic E-state index is -4.62. The second kappa shape index (κ2) is 8.96. The van der Waals surface area contributed by atoms with E-state index >= 15 is 0 Å². The molecule has 0 aromatic heterocycles. The molecular weight excluding hydrogens is 435 g/mol. The van der Waals surface area contributed by atoms with E-state index in [9.17, 15) is 27.9 Å². The SMILES string of the molecule is CC(C)(C)[C@H](O)C(=O)N1CC(C)(C(F)(F)F)C[C@H]1C(=O)NCc1cc(Cl)ccc1CN. The van der Waals surface area contributed by atoms with Crippen LogP contribution in [0.25, 0.3) is 0 Å². The lowest BCUT2D eigenvalue weighted by Crippen LogP contribution is -2.52. The summed E-state index contributed by atoms with van der Waals surface area (Å²) >= 11 is 5.99. The molecule has 2 amide bonds. The molecule has 0 spiro atoms. The Morgan fingerprint density at radius 2 is 1.94 bits per heavy atom. The van der Waals surface area contributed by atoms with Crippen LogP contribution in [-0.4, -0.2) is 46.7 Å². The lowest BCUT2D eigenvalue weighted by molar-refractivity contribution is -0.213. The lowest BCUT2D eigenvalue weighted by atomic mass is 9.87. The van der Waals surface area contributed by atoms with Crippen molar-refractivity contribution < 1.29 is 27.9 Å². The fourth-order valence-electron chi connectivity index (χ4n) is 3.54. The minimum Gasteiger partial charge on any atom is -0.383 e. The van der Waals surface area contributed by atoms with Crippen molar-refractivity contribution in [3.8, 4) is 0 Å². The van der Waals surface area contributed by atoms with Crippen LogP contribution in [0.3, 0.4) is 0 Å². The number of amides is 2. The van der Waals surface area contributed by atoms with Crippen molar-refractivity contribution in [2.45, 2.75) is 65.5 Å². The third kappa shape index (κ3) is 5.51. The van der Waals surface area contributed by atoms with Gasteiger partial charge >= 0.3 is 6.18 Å². The number of halogens is 4. The fraction of sp³-hybridized carbons (Fsp3) is 0.619. The molecule has 31 heavy (non-hydrogen) atoms. The number of hydrogen-bond acceptors (Lipinski definition) is 4. The van der Waals surface area contributed by atoms with E-state index in [2.05, 4.69) is 5.32 Å². The van der Waals surface area contributed by atoms with Gasteiger partial charge in [-0.15, -0.1) is 0 Å². The zero-order chi connectivity index (χ0) is 23.8. The average molecular weight is 464 g/mol. The Bertz CT molecular complexity index is 841. The molecule has 1 saturated heterocycles. The van der Waals surface area contributed by atoms with E-state index < -0.39 is 53.9 Å². The Balaban J connectivity index is 2.28. The second-order valence-electron chi connectivity index (χ2n) is 9.35. The average Bonchev–Trinajstić information content (AvgIpc) is 3.03. The maximum Gasteiger partial charge on any atom is 0.396 e. The van der Waals surface area contributed by atoms with Crippen molar-refractivity contribution in [1.82, 2.24) is 10.2 Å². The monoisotopic (exact) mass is 463 g/mol. The lowest BCUT2D eigenvalue weighted by Gasteiger charge is -2.32. The molecule has 0 saturated carbocycles. The summed E-state index contributed by atoms with van der Waals surface area (Å²) < 4.78 is 41.1. The summed E-state index contributed by atoms with van der Waals surface area (Å²) in [6.45, 7) is 5.25. The Hall–Kier alpha value is -1.84. The summed E-state index contributed by atoms with van der Waals surface area (Å²) in [5, 5.41) is 13.4. The Morgan fingerprint density at radius 1 is 1.32 bits per heavy atom. The number of rotatable bonds is 5. The zero-order valence-corrected chi connectivity index (χ0v) is 18.8. The van der Waals surface area contributed by atoms with Gasteiger partial charge in [0.1, 0.15) is 12.1 Å². The predicted octanol–water partition coefficient (Wildman–Crippen LogP) is 2.99. The van der Waals surface area contributed by atoms with Crippen LogP contribution in [-0.2, 0) is 22.7 Å². The van der Waals surface area contributed by atoms with E-state index in [4.69, 9.17) is 17.3 Å². The molecule has 2 rings (SSSR count). The van der Waals surface area contributed by atoms with Gasteiger partial charge in [0.05, 0.1) is 5.41 Å². The van der Waals surface area contributed by atoms with Crippen LogP contribution in [0.5, 0.6) is 0 Å². The topological polar surface area (TPSA) is 95.7 Å². The number of nitrogens with two attached hydrogens (primary N) is 1. The molecule has 1 heterocycles. The van der Waals surface area contributed by atoms with Crippen LogP contribution >= 0.6 is 11.6 Å². The number of carbonyl (C=O) groups excluding carboxylic acids is 2. The molecule has 6 nitrogen and oxygen atoms in total. The molecule has 4 N–H and O–H groups in total. The molecule has 1 aliphatic heterocycles. The number of likely N-dealkylation sites (tertiary alicyclic amines) is 1. The maximum absolute atomic E-state index is 13.7. The third-order valence-electron chi connectivity index (χ3n) is 5.71. The van der Waals surface area contributed by atoms with Crippen molar-refractivity contribution in [2.24, 2.45) is 16.6 Å². The summed E-state index contributed by atoms with van der Waals surface area (Å²) in [5.74, 6) is -1.63. The highest BCUT2D eigenvalue weighted by molar-refractivity contribution is 6.30. The molecule has 1 unspecified atom stereocenters. The van der Waals surface area contributed by atoms with Gasteiger partial charge in [-0.25, -0.2) is 0 Å². The molecule has 1 fully saturated rings. The van der Waals surface area contributed by atoms with Gasteiger partial charge in [-0.3, -0.25) is 9.59 Å². The van der Waals surface area contributed by atoms with E-state index in [1.54, 1.807) is 39.0 Å². The van der Waals surface area contributed by atoms with Crippen LogP contribution in [0.15, 0.2) is 18.2 Å². The zero-order valence-electron chi connectivity index (χ0n) is 18.0. The number of aliphatic hydroxyl groups excluding tert-OH is 1. The van der Waals surface area contributed by atoms with Crippen LogP contribution in [0.1, 0.15) is 45.2 Å². The van der Waals surface area contributed by atoms with E-state index in [-0.39, 0.29) is 13.1 Å². The van der Waals surface area contributed by atoms with Crippen molar-refractivity contribution in [3.63, 3.8) is 0 Å². The smallest absolute Gasteiger partial charge is 0.383 e. The van der Waals surface area contributed by atoms with Crippen molar-refractivity contribution in [3.05, 3.63) is 34.3 Å². The molecule has 0 radical (unpaired) electrons. The Labute approximate surface area is 184 Å². The van der Waals surface area contributed by atoms with Crippen molar-refractivity contribution >= 4 is 23.4 Å². The van der Waals surface area contributed by atoms with Gasteiger partial charge in [-0.2, -0.15) is 13.2 Å². The molecule has 1 aromatic carbocycles. The van der Waals surface area contributed by atoms with Crippen molar-refractivity contribution in [2.75, 3.05) is 6.54 Å². The largest absolute Gasteiger partial charge is 0.396 e. The first-order valence-electron chi connectivity index (χ1n) is 9.91. The van der Waals surface area contributed by atoms with E-state index in [0.717, 1.165) is 17.4 Å². The van der Waals surface area contributed by atoms with Crippen LogP contribution in [0, 0.1) is 10.8 Å². The van der Waals surface area contributed by atoms with Gasteiger partial charge in [-0.1, -0.05) is 38.4 Å².